The summed E-state index contributed by atoms with van der Waals surface area (Å²) in [5.41, 5.74) is 11.4. The Morgan fingerprint density at radius 1 is 0.609 bits per heavy atom. The largest absolute Gasteiger partial charge is 0.455 e. The molecule has 0 bridgehead atoms. The van der Waals surface area contributed by atoms with Crippen LogP contribution >= 0.6 is 0 Å². The monoisotopic (exact) mass is 589 g/mol. The van der Waals surface area contributed by atoms with E-state index >= 15 is 0 Å². The highest BCUT2D eigenvalue weighted by Crippen LogP contribution is 2.43. The molecule has 2 heteroatoms. The van der Waals surface area contributed by atoms with Gasteiger partial charge in [-0.1, -0.05) is 127 Å². The van der Waals surface area contributed by atoms with Crippen molar-refractivity contribution < 1.29 is 4.42 Å². The lowest BCUT2D eigenvalue weighted by Crippen LogP contribution is -2.19. The standard InChI is InChI=1S/C44H31NO/c1-2-10-30(11-3-1)32-18-23-36(24-19-32)45(37-25-20-31-12-4-5-14-34(31)28-37)42-17-9-8-15-38(42)35-22-27-43-41(29-35)40-26-21-33-13-6-7-16-39(33)44(40)46-43/h1-19,21-29,31H,20H2. The van der Waals surface area contributed by atoms with Crippen molar-refractivity contribution in [3.8, 4) is 22.3 Å². The van der Waals surface area contributed by atoms with Crippen molar-refractivity contribution in [1.82, 2.24) is 0 Å². The zero-order valence-corrected chi connectivity index (χ0v) is 25.3. The molecule has 0 spiro atoms. The normalized spacial score (nSPS) is 15.6. The van der Waals surface area contributed by atoms with Crippen LogP contribution in [0.15, 0.2) is 186 Å². The van der Waals surface area contributed by atoms with Gasteiger partial charge in [-0.2, -0.15) is 0 Å². The predicted molar refractivity (Wildman–Crippen MR) is 193 cm³/mol. The highest BCUT2D eigenvalue weighted by molar-refractivity contribution is 6.15. The van der Waals surface area contributed by atoms with Gasteiger partial charge in [-0.3, -0.25) is 0 Å². The first-order valence-corrected chi connectivity index (χ1v) is 16.0. The average molecular weight is 590 g/mol. The summed E-state index contributed by atoms with van der Waals surface area (Å²) in [4.78, 5) is 2.42. The van der Waals surface area contributed by atoms with Crippen LogP contribution in [0.3, 0.4) is 0 Å². The number of hydrogen-bond donors (Lipinski definition) is 0. The number of para-hydroxylation sites is 1. The molecule has 0 saturated heterocycles. The minimum absolute atomic E-state index is 0.430. The highest BCUT2D eigenvalue weighted by Gasteiger charge is 2.23. The average Bonchev–Trinajstić information content (AvgIpc) is 3.51. The summed E-state index contributed by atoms with van der Waals surface area (Å²) in [5.74, 6) is 0.430. The second-order valence-corrected chi connectivity index (χ2v) is 12.1. The Balaban J connectivity index is 1.20. The smallest absolute Gasteiger partial charge is 0.143 e. The molecule has 46 heavy (non-hydrogen) atoms. The zero-order chi connectivity index (χ0) is 30.5. The van der Waals surface area contributed by atoms with Gasteiger partial charge in [0.15, 0.2) is 0 Å². The Bertz CT molecular complexity index is 2390. The van der Waals surface area contributed by atoms with Gasteiger partial charge in [0.1, 0.15) is 11.2 Å². The number of fused-ring (bicyclic) bond motifs is 6. The third-order valence-corrected chi connectivity index (χ3v) is 9.37. The molecule has 0 fully saturated rings. The molecular formula is C44H31NO. The Hall–Kier alpha value is -5.86. The van der Waals surface area contributed by atoms with Gasteiger partial charge in [0.25, 0.3) is 0 Å². The summed E-state index contributed by atoms with van der Waals surface area (Å²) in [7, 11) is 0. The van der Waals surface area contributed by atoms with Crippen molar-refractivity contribution in [2.75, 3.05) is 4.90 Å². The van der Waals surface area contributed by atoms with Crippen LogP contribution in [0.4, 0.5) is 11.4 Å². The summed E-state index contributed by atoms with van der Waals surface area (Å²) < 4.78 is 6.46. The molecule has 9 rings (SSSR count). The van der Waals surface area contributed by atoms with Gasteiger partial charge in [0.2, 0.25) is 0 Å². The van der Waals surface area contributed by atoms with Crippen LogP contribution in [0.25, 0.3) is 55.0 Å². The number of benzene rings is 6. The van der Waals surface area contributed by atoms with Crippen LogP contribution in [0, 0.1) is 5.92 Å². The summed E-state index contributed by atoms with van der Waals surface area (Å²) in [6.07, 6.45) is 14.6. The zero-order valence-electron chi connectivity index (χ0n) is 25.3. The van der Waals surface area contributed by atoms with Gasteiger partial charge >= 0.3 is 0 Å². The highest BCUT2D eigenvalue weighted by atomic mass is 16.3. The SMILES string of the molecule is C1=CC2=CC(N(c3ccc(-c4ccccc4)cc3)c3ccccc3-c3ccc4oc5c6ccccc6ccc5c4c3)=CCC2C=C1. The minimum Gasteiger partial charge on any atom is -0.455 e. The number of allylic oxidation sites excluding steroid dienone is 7. The summed E-state index contributed by atoms with van der Waals surface area (Å²) in [5, 5.41) is 4.61. The minimum atomic E-state index is 0.430. The Labute approximate surface area is 268 Å². The van der Waals surface area contributed by atoms with Crippen molar-refractivity contribution in [3.05, 3.63) is 181 Å². The summed E-state index contributed by atoms with van der Waals surface area (Å²) >= 11 is 0. The predicted octanol–water partition coefficient (Wildman–Crippen LogP) is 12.2. The molecule has 0 N–H and O–H groups in total. The first kappa shape index (κ1) is 26.5. The van der Waals surface area contributed by atoms with Crippen molar-refractivity contribution in [1.29, 1.82) is 0 Å². The molecule has 1 aromatic heterocycles. The van der Waals surface area contributed by atoms with E-state index in [0.717, 1.165) is 50.7 Å². The number of rotatable bonds is 5. The number of nitrogens with zero attached hydrogens (tertiary/aromatic N) is 1. The fourth-order valence-electron chi connectivity index (χ4n) is 7.05. The summed E-state index contributed by atoms with van der Waals surface area (Å²) in [6, 6.07) is 47.7. The van der Waals surface area contributed by atoms with E-state index in [0.29, 0.717) is 5.92 Å². The van der Waals surface area contributed by atoms with Gasteiger partial charge < -0.3 is 9.32 Å². The maximum atomic E-state index is 6.46. The number of furan rings is 1. The van der Waals surface area contributed by atoms with E-state index in [-0.39, 0.29) is 0 Å². The van der Waals surface area contributed by atoms with Crippen LogP contribution < -0.4 is 4.90 Å². The van der Waals surface area contributed by atoms with E-state index in [1.54, 1.807) is 0 Å². The lowest BCUT2D eigenvalue weighted by molar-refractivity contribution is 0.672. The molecule has 0 radical (unpaired) electrons. The van der Waals surface area contributed by atoms with Crippen LogP contribution in [-0.4, -0.2) is 0 Å². The lowest BCUT2D eigenvalue weighted by atomic mass is 9.86. The first-order valence-electron chi connectivity index (χ1n) is 16.0. The molecule has 0 amide bonds. The van der Waals surface area contributed by atoms with Crippen LogP contribution in [-0.2, 0) is 0 Å². The molecule has 2 nitrogen and oxygen atoms in total. The second kappa shape index (κ2) is 10.9. The molecule has 218 valence electrons. The molecule has 7 aromatic rings. The molecule has 1 atom stereocenters. The molecule has 2 aliphatic rings. The van der Waals surface area contributed by atoms with E-state index in [1.807, 2.05) is 0 Å². The van der Waals surface area contributed by atoms with Gasteiger partial charge in [-0.25, -0.2) is 0 Å². The second-order valence-electron chi connectivity index (χ2n) is 12.1. The first-order chi connectivity index (χ1) is 22.8. The van der Waals surface area contributed by atoms with E-state index in [4.69, 9.17) is 4.42 Å². The quantitative estimate of drug-likeness (QED) is 0.199. The maximum absolute atomic E-state index is 6.46. The maximum Gasteiger partial charge on any atom is 0.143 e. The van der Waals surface area contributed by atoms with Crippen molar-refractivity contribution in [2.24, 2.45) is 5.92 Å². The van der Waals surface area contributed by atoms with Crippen LogP contribution in [0.1, 0.15) is 6.42 Å². The van der Waals surface area contributed by atoms with E-state index < -0.39 is 0 Å². The Morgan fingerprint density at radius 2 is 1.39 bits per heavy atom. The Morgan fingerprint density at radius 3 is 2.30 bits per heavy atom. The molecule has 6 aromatic carbocycles. The molecule has 2 aliphatic carbocycles. The lowest BCUT2D eigenvalue weighted by Gasteiger charge is -2.32. The van der Waals surface area contributed by atoms with Crippen molar-refractivity contribution >= 4 is 44.1 Å². The molecule has 1 heterocycles. The summed E-state index contributed by atoms with van der Waals surface area (Å²) in [6.45, 7) is 0. The van der Waals surface area contributed by atoms with Gasteiger partial charge in [0.05, 0.1) is 5.69 Å². The van der Waals surface area contributed by atoms with Gasteiger partial charge in [0, 0.05) is 39.0 Å². The Kier molecular flexibility index (Phi) is 6.31. The van der Waals surface area contributed by atoms with Crippen LogP contribution in [0.2, 0.25) is 0 Å². The van der Waals surface area contributed by atoms with Gasteiger partial charge in [-0.15, -0.1) is 0 Å². The third-order valence-electron chi connectivity index (χ3n) is 9.37. The van der Waals surface area contributed by atoms with Crippen molar-refractivity contribution in [2.45, 2.75) is 6.42 Å². The van der Waals surface area contributed by atoms with Crippen LogP contribution in [0.5, 0.6) is 0 Å². The van der Waals surface area contributed by atoms with Gasteiger partial charge in [-0.05, 0) is 76.5 Å². The molecule has 1 unspecified atom stereocenters. The van der Waals surface area contributed by atoms with Crippen molar-refractivity contribution in [3.63, 3.8) is 0 Å². The van der Waals surface area contributed by atoms with E-state index in [9.17, 15) is 0 Å². The topological polar surface area (TPSA) is 16.4 Å². The molecule has 0 aliphatic heterocycles. The van der Waals surface area contributed by atoms with E-state index in [1.165, 1.54) is 33.3 Å². The number of hydrogen-bond acceptors (Lipinski definition) is 2. The molecule has 0 saturated carbocycles. The third kappa shape index (κ3) is 4.50. The fourth-order valence-corrected chi connectivity index (χ4v) is 7.05. The van der Waals surface area contributed by atoms with E-state index in [2.05, 4.69) is 175 Å². The molecular weight excluding hydrogens is 558 g/mol. The fraction of sp³-hybridized carbons (Fsp3) is 0.0455. The number of anilines is 2.